The standard InChI is InChI=1S/C21H17Cl2FN6O3/c1-11(16-12(22)4-5-13(24)17(16)23)33-30-10-27-18-19(30)28-14(8-25-18)15-9-26-20(32-15)21(31)29-6-2-3-7-29/h4-5,8-11H,2-3,6-7H2,1H3. The Kier molecular flexibility index (Phi) is 5.63. The largest absolute Gasteiger partial charge is 0.431 e. The van der Waals surface area contributed by atoms with Crippen LogP contribution < -0.4 is 4.84 Å². The first-order valence-electron chi connectivity index (χ1n) is 10.2. The van der Waals surface area contributed by atoms with Crippen molar-refractivity contribution in [1.29, 1.82) is 0 Å². The van der Waals surface area contributed by atoms with Gasteiger partial charge in [0.15, 0.2) is 11.9 Å². The lowest BCUT2D eigenvalue weighted by molar-refractivity contribution is 0.0540. The summed E-state index contributed by atoms with van der Waals surface area (Å²) >= 11 is 12.3. The van der Waals surface area contributed by atoms with E-state index in [1.54, 1.807) is 11.8 Å². The topological polar surface area (TPSA) is 99.2 Å². The Labute approximate surface area is 197 Å². The molecule has 9 nitrogen and oxygen atoms in total. The van der Waals surface area contributed by atoms with Gasteiger partial charge in [0.1, 0.15) is 17.8 Å². The highest BCUT2D eigenvalue weighted by Gasteiger charge is 2.25. The third kappa shape index (κ3) is 4.00. The summed E-state index contributed by atoms with van der Waals surface area (Å²) < 4.78 is 20.9. The third-order valence-corrected chi connectivity index (χ3v) is 6.03. The Hall–Kier alpha value is -3.24. The fourth-order valence-electron chi connectivity index (χ4n) is 3.65. The van der Waals surface area contributed by atoms with Crippen LogP contribution in [-0.4, -0.2) is 48.6 Å². The molecule has 0 spiro atoms. The van der Waals surface area contributed by atoms with Crippen molar-refractivity contribution in [2.45, 2.75) is 25.9 Å². The predicted molar refractivity (Wildman–Crippen MR) is 117 cm³/mol. The number of benzene rings is 1. The van der Waals surface area contributed by atoms with Gasteiger partial charge in [0.25, 0.3) is 5.89 Å². The number of oxazole rings is 1. The summed E-state index contributed by atoms with van der Waals surface area (Å²) in [5, 5.41) is 0.144. The van der Waals surface area contributed by atoms with Crippen molar-refractivity contribution in [2.24, 2.45) is 0 Å². The van der Waals surface area contributed by atoms with Gasteiger partial charge in [-0.1, -0.05) is 23.2 Å². The predicted octanol–water partition coefficient (Wildman–Crippen LogP) is 4.35. The summed E-state index contributed by atoms with van der Waals surface area (Å²) in [7, 11) is 0. The smallest absolute Gasteiger partial charge is 0.309 e. The van der Waals surface area contributed by atoms with Crippen LogP contribution in [0.1, 0.15) is 42.1 Å². The molecule has 0 bridgehead atoms. The Bertz CT molecular complexity index is 1350. The maximum absolute atomic E-state index is 13.9. The lowest BCUT2D eigenvalue weighted by Gasteiger charge is -2.17. The van der Waals surface area contributed by atoms with E-state index in [4.69, 9.17) is 32.5 Å². The number of imidazole rings is 1. The molecular weight excluding hydrogens is 474 g/mol. The number of carbonyl (C=O) groups is 1. The highest BCUT2D eigenvalue weighted by atomic mass is 35.5. The summed E-state index contributed by atoms with van der Waals surface area (Å²) in [5.74, 6) is -0.570. The zero-order valence-electron chi connectivity index (χ0n) is 17.3. The molecule has 4 aromatic rings. The zero-order chi connectivity index (χ0) is 23.1. The van der Waals surface area contributed by atoms with Gasteiger partial charge in [0, 0.05) is 23.7 Å². The van der Waals surface area contributed by atoms with Crippen LogP contribution in [0.4, 0.5) is 4.39 Å². The normalized spacial score (nSPS) is 14.7. The summed E-state index contributed by atoms with van der Waals surface area (Å²) in [6, 6.07) is 2.60. The molecule has 1 saturated heterocycles. The van der Waals surface area contributed by atoms with E-state index in [1.165, 1.54) is 35.6 Å². The van der Waals surface area contributed by atoms with Crippen LogP contribution in [0.2, 0.25) is 10.0 Å². The molecule has 1 fully saturated rings. The van der Waals surface area contributed by atoms with Crippen LogP contribution >= 0.6 is 23.2 Å². The van der Waals surface area contributed by atoms with Crippen LogP contribution in [0.3, 0.4) is 0 Å². The molecule has 5 rings (SSSR count). The minimum absolute atomic E-state index is 0.00237. The molecular formula is C21H17Cl2FN6O3. The number of aromatic nitrogens is 5. The molecule has 1 unspecified atom stereocenters. The number of likely N-dealkylation sites (tertiary alicyclic amines) is 1. The van der Waals surface area contributed by atoms with Gasteiger partial charge in [-0.15, -0.1) is 4.73 Å². The molecule has 0 saturated carbocycles. The van der Waals surface area contributed by atoms with E-state index in [0.29, 0.717) is 30.0 Å². The number of carbonyl (C=O) groups excluding carboxylic acids is 1. The first kappa shape index (κ1) is 21.6. The second kappa shape index (κ2) is 8.60. The number of halogens is 3. The number of hydrogen-bond acceptors (Lipinski definition) is 7. The average molecular weight is 491 g/mol. The first-order valence-corrected chi connectivity index (χ1v) is 10.9. The number of rotatable bonds is 5. The van der Waals surface area contributed by atoms with Crippen LogP contribution in [0, 0.1) is 5.82 Å². The molecule has 33 heavy (non-hydrogen) atoms. The van der Waals surface area contributed by atoms with Gasteiger partial charge >= 0.3 is 5.91 Å². The van der Waals surface area contributed by atoms with E-state index in [9.17, 15) is 9.18 Å². The van der Waals surface area contributed by atoms with Crippen LogP contribution in [0.15, 0.2) is 35.3 Å². The quantitative estimate of drug-likeness (QED) is 0.383. The second-order valence-electron chi connectivity index (χ2n) is 7.51. The summed E-state index contributed by atoms with van der Waals surface area (Å²) in [6.45, 7) is 3.05. The SMILES string of the molecule is CC(On1cnc2ncc(-c3cnc(C(=O)N4CCCC4)o3)nc21)c1c(Cl)ccc(F)c1Cl. The molecule has 0 radical (unpaired) electrons. The Morgan fingerprint density at radius 3 is 2.76 bits per heavy atom. The fraction of sp³-hybridized carbons (Fsp3) is 0.286. The van der Waals surface area contributed by atoms with Crippen LogP contribution in [0.25, 0.3) is 22.7 Å². The Morgan fingerprint density at radius 2 is 1.97 bits per heavy atom. The molecule has 1 aliphatic heterocycles. The van der Waals surface area contributed by atoms with Crippen molar-refractivity contribution in [2.75, 3.05) is 13.1 Å². The van der Waals surface area contributed by atoms with Crippen LogP contribution in [-0.2, 0) is 0 Å². The first-order chi connectivity index (χ1) is 15.9. The highest BCUT2D eigenvalue weighted by molar-refractivity contribution is 6.36. The van der Waals surface area contributed by atoms with E-state index in [2.05, 4.69) is 19.9 Å². The molecule has 1 aliphatic rings. The fourth-order valence-corrected chi connectivity index (χ4v) is 4.33. The summed E-state index contributed by atoms with van der Waals surface area (Å²) in [6.07, 6.45) is 5.49. The molecule has 170 valence electrons. The van der Waals surface area contributed by atoms with Crippen molar-refractivity contribution >= 4 is 40.4 Å². The van der Waals surface area contributed by atoms with E-state index in [1.807, 2.05) is 0 Å². The molecule has 1 amide bonds. The monoisotopic (exact) mass is 490 g/mol. The second-order valence-corrected chi connectivity index (χ2v) is 8.29. The molecule has 1 aromatic carbocycles. The van der Waals surface area contributed by atoms with Gasteiger partial charge in [-0.2, -0.15) is 0 Å². The minimum atomic E-state index is -0.724. The molecule has 1 atom stereocenters. The lowest BCUT2D eigenvalue weighted by Crippen LogP contribution is -2.27. The molecule has 0 N–H and O–H groups in total. The Morgan fingerprint density at radius 1 is 1.18 bits per heavy atom. The van der Waals surface area contributed by atoms with Gasteiger partial charge in [-0.05, 0) is 31.9 Å². The van der Waals surface area contributed by atoms with Gasteiger partial charge in [0.2, 0.25) is 11.3 Å². The van der Waals surface area contributed by atoms with Gasteiger partial charge in [-0.25, -0.2) is 24.3 Å². The van der Waals surface area contributed by atoms with E-state index < -0.39 is 11.9 Å². The summed E-state index contributed by atoms with van der Waals surface area (Å²) in [4.78, 5) is 37.1. The highest BCUT2D eigenvalue weighted by Crippen LogP contribution is 2.33. The van der Waals surface area contributed by atoms with Gasteiger partial charge in [-0.3, -0.25) is 4.79 Å². The van der Waals surface area contributed by atoms with Crippen molar-refractivity contribution in [3.05, 3.63) is 58.2 Å². The van der Waals surface area contributed by atoms with E-state index in [0.717, 1.165) is 12.8 Å². The van der Waals surface area contributed by atoms with Gasteiger partial charge in [0.05, 0.1) is 17.4 Å². The zero-order valence-corrected chi connectivity index (χ0v) is 18.8. The number of hydrogen-bond donors (Lipinski definition) is 0. The average Bonchev–Trinajstić information content (AvgIpc) is 3.57. The summed E-state index contributed by atoms with van der Waals surface area (Å²) in [5.41, 5.74) is 1.24. The minimum Gasteiger partial charge on any atom is -0.431 e. The number of amides is 1. The van der Waals surface area contributed by atoms with Crippen molar-refractivity contribution in [3.8, 4) is 11.5 Å². The van der Waals surface area contributed by atoms with E-state index in [-0.39, 0.29) is 33.3 Å². The maximum Gasteiger partial charge on any atom is 0.309 e. The third-order valence-electron chi connectivity index (χ3n) is 5.32. The van der Waals surface area contributed by atoms with Crippen molar-refractivity contribution in [1.82, 2.24) is 29.6 Å². The van der Waals surface area contributed by atoms with Crippen molar-refractivity contribution < 1.29 is 18.4 Å². The van der Waals surface area contributed by atoms with Crippen molar-refractivity contribution in [3.63, 3.8) is 0 Å². The van der Waals surface area contributed by atoms with Crippen LogP contribution in [0.5, 0.6) is 0 Å². The molecule has 12 heteroatoms. The molecule has 4 heterocycles. The van der Waals surface area contributed by atoms with Gasteiger partial charge < -0.3 is 14.2 Å². The number of fused-ring (bicyclic) bond motifs is 1. The number of nitrogens with zero attached hydrogens (tertiary/aromatic N) is 6. The lowest BCUT2D eigenvalue weighted by atomic mass is 10.1. The maximum atomic E-state index is 13.9. The van der Waals surface area contributed by atoms with E-state index >= 15 is 0 Å². The molecule has 0 aliphatic carbocycles. The Balaban J connectivity index is 1.43. The molecule has 3 aromatic heterocycles.